The number of rotatable bonds is 5. The highest BCUT2D eigenvalue weighted by atomic mass is 16.6. The van der Waals surface area contributed by atoms with Crippen LogP contribution in [0.2, 0.25) is 0 Å². The van der Waals surface area contributed by atoms with E-state index in [0.717, 1.165) is 16.7 Å². The summed E-state index contributed by atoms with van der Waals surface area (Å²) in [6.07, 6.45) is 0.395. The lowest BCUT2D eigenvalue weighted by Gasteiger charge is -2.22. The normalized spacial score (nSPS) is 17.0. The Morgan fingerprint density at radius 3 is 2.56 bits per heavy atom. The maximum absolute atomic E-state index is 12.5. The number of nitrogens with zero attached hydrogens (tertiary/aromatic N) is 1. The minimum Gasteiger partial charge on any atom is -0.447 e. The predicted octanol–water partition coefficient (Wildman–Crippen LogP) is 4.29. The van der Waals surface area contributed by atoms with Gasteiger partial charge in [-0.25, -0.2) is 9.69 Å². The van der Waals surface area contributed by atoms with Crippen molar-refractivity contribution >= 4 is 12.0 Å². The van der Waals surface area contributed by atoms with Gasteiger partial charge in [-0.2, -0.15) is 0 Å². The first-order valence-electron chi connectivity index (χ1n) is 8.69. The molecule has 1 atom stereocenters. The Morgan fingerprint density at radius 2 is 1.84 bits per heavy atom. The molecule has 0 saturated carbocycles. The van der Waals surface area contributed by atoms with E-state index in [-0.39, 0.29) is 17.9 Å². The van der Waals surface area contributed by atoms with Crippen LogP contribution >= 0.6 is 0 Å². The standard InChI is InChI=1S/C21H23NO3/c1-15(2)19-14-25-21(24)22(19)20(23)12-11-16-7-6-10-18(13-16)17-8-4-3-5-9-17/h3-10,13,15,19H,11-12,14H2,1-2H3/t19-/m1/s1. The van der Waals surface area contributed by atoms with Crippen LogP contribution in [0, 0.1) is 5.92 Å². The largest absolute Gasteiger partial charge is 0.447 e. The van der Waals surface area contributed by atoms with Gasteiger partial charge in [0.15, 0.2) is 0 Å². The first-order chi connectivity index (χ1) is 12.1. The van der Waals surface area contributed by atoms with E-state index in [4.69, 9.17) is 4.74 Å². The summed E-state index contributed by atoms with van der Waals surface area (Å²) in [7, 11) is 0. The highest BCUT2D eigenvalue weighted by molar-refractivity contribution is 5.93. The average Bonchev–Trinajstić information content (AvgIpc) is 3.03. The van der Waals surface area contributed by atoms with E-state index < -0.39 is 6.09 Å². The molecule has 0 spiro atoms. The first-order valence-corrected chi connectivity index (χ1v) is 8.69. The van der Waals surface area contributed by atoms with Crippen molar-refractivity contribution in [2.24, 2.45) is 5.92 Å². The Bertz CT molecular complexity index is 755. The summed E-state index contributed by atoms with van der Waals surface area (Å²) in [5.41, 5.74) is 3.37. The van der Waals surface area contributed by atoms with Gasteiger partial charge in [-0.05, 0) is 29.0 Å². The molecule has 0 aliphatic carbocycles. The van der Waals surface area contributed by atoms with E-state index in [9.17, 15) is 9.59 Å². The van der Waals surface area contributed by atoms with Gasteiger partial charge in [-0.15, -0.1) is 0 Å². The molecule has 25 heavy (non-hydrogen) atoms. The van der Waals surface area contributed by atoms with Crippen LogP contribution < -0.4 is 0 Å². The zero-order valence-electron chi connectivity index (χ0n) is 14.6. The van der Waals surface area contributed by atoms with Gasteiger partial charge in [0, 0.05) is 6.42 Å². The molecule has 0 aromatic heterocycles. The summed E-state index contributed by atoms with van der Waals surface area (Å²) in [5.74, 6) is 0.0307. The number of hydrogen-bond acceptors (Lipinski definition) is 3. The quantitative estimate of drug-likeness (QED) is 0.818. The zero-order valence-corrected chi connectivity index (χ0v) is 14.6. The molecule has 2 aromatic rings. The van der Waals surface area contributed by atoms with E-state index in [0.29, 0.717) is 19.4 Å². The maximum atomic E-state index is 12.5. The molecule has 2 aromatic carbocycles. The van der Waals surface area contributed by atoms with E-state index in [1.807, 2.05) is 44.2 Å². The number of carbonyl (C=O) groups excluding carboxylic acids is 2. The molecule has 130 valence electrons. The van der Waals surface area contributed by atoms with Gasteiger partial charge >= 0.3 is 6.09 Å². The molecule has 0 bridgehead atoms. The molecule has 0 radical (unpaired) electrons. The number of benzene rings is 2. The van der Waals surface area contributed by atoms with Gasteiger partial charge in [0.2, 0.25) is 5.91 Å². The van der Waals surface area contributed by atoms with Crippen LogP contribution in [0.5, 0.6) is 0 Å². The number of cyclic esters (lactones) is 1. The summed E-state index contributed by atoms with van der Waals surface area (Å²) >= 11 is 0. The van der Waals surface area contributed by atoms with Gasteiger partial charge in [0.25, 0.3) is 0 Å². The van der Waals surface area contributed by atoms with E-state index in [1.54, 1.807) is 0 Å². The summed E-state index contributed by atoms with van der Waals surface area (Å²) in [5, 5.41) is 0. The molecule has 1 aliphatic heterocycles. The van der Waals surface area contributed by atoms with Crippen molar-refractivity contribution in [3.05, 3.63) is 60.2 Å². The van der Waals surface area contributed by atoms with Gasteiger partial charge < -0.3 is 4.74 Å². The number of aryl methyl sites for hydroxylation is 1. The van der Waals surface area contributed by atoms with Crippen molar-refractivity contribution in [3.8, 4) is 11.1 Å². The van der Waals surface area contributed by atoms with Gasteiger partial charge in [0.05, 0.1) is 6.04 Å². The third-order valence-electron chi connectivity index (χ3n) is 4.61. The van der Waals surface area contributed by atoms with Crippen LogP contribution in [0.3, 0.4) is 0 Å². The van der Waals surface area contributed by atoms with Crippen molar-refractivity contribution in [1.29, 1.82) is 0 Å². The lowest BCUT2D eigenvalue weighted by molar-refractivity contribution is -0.129. The molecular weight excluding hydrogens is 314 g/mol. The summed E-state index contributed by atoms with van der Waals surface area (Å²) in [6, 6.07) is 18.2. The van der Waals surface area contributed by atoms with Crippen molar-refractivity contribution in [3.63, 3.8) is 0 Å². The number of imide groups is 1. The smallest absolute Gasteiger partial charge is 0.416 e. The summed E-state index contributed by atoms with van der Waals surface area (Å²) in [6.45, 7) is 4.29. The fourth-order valence-corrected chi connectivity index (χ4v) is 3.12. The van der Waals surface area contributed by atoms with Crippen molar-refractivity contribution in [2.75, 3.05) is 6.61 Å². The van der Waals surface area contributed by atoms with Crippen LogP contribution in [0.1, 0.15) is 25.8 Å². The Labute approximate surface area is 148 Å². The second kappa shape index (κ2) is 7.51. The first kappa shape index (κ1) is 17.2. The van der Waals surface area contributed by atoms with Crippen LogP contribution in [0.4, 0.5) is 4.79 Å². The minimum atomic E-state index is -0.512. The SMILES string of the molecule is CC(C)[C@H]1COC(=O)N1C(=O)CCc1cccc(-c2ccccc2)c1. The maximum Gasteiger partial charge on any atom is 0.416 e. The second-order valence-corrected chi connectivity index (χ2v) is 6.72. The molecule has 3 rings (SSSR count). The van der Waals surface area contributed by atoms with E-state index >= 15 is 0 Å². The Hall–Kier alpha value is -2.62. The minimum absolute atomic E-state index is 0.157. The zero-order chi connectivity index (χ0) is 17.8. The number of ether oxygens (including phenoxy) is 1. The highest BCUT2D eigenvalue weighted by Crippen LogP contribution is 2.23. The van der Waals surface area contributed by atoms with Crippen LogP contribution in [-0.4, -0.2) is 29.5 Å². The molecule has 0 N–H and O–H groups in total. The van der Waals surface area contributed by atoms with Gasteiger partial charge in [-0.1, -0.05) is 68.4 Å². The fourth-order valence-electron chi connectivity index (χ4n) is 3.12. The van der Waals surface area contributed by atoms with Crippen molar-refractivity contribution in [2.45, 2.75) is 32.7 Å². The van der Waals surface area contributed by atoms with Gasteiger partial charge in [-0.3, -0.25) is 4.79 Å². The molecule has 1 aliphatic rings. The monoisotopic (exact) mass is 337 g/mol. The lowest BCUT2D eigenvalue weighted by atomic mass is 10.00. The summed E-state index contributed by atoms with van der Waals surface area (Å²) in [4.78, 5) is 25.7. The van der Waals surface area contributed by atoms with Crippen LogP contribution in [0.15, 0.2) is 54.6 Å². The lowest BCUT2D eigenvalue weighted by Crippen LogP contribution is -2.41. The van der Waals surface area contributed by atoms with Gasteiger partial charge in [0.1, 0.15) is 6.61 Å². The Kier molecular flexibility index (Phi) is 5.17. The van der Waals surface area contributed by atoms with Crippen molar-refractivity contribution < 1.29 is 14.3 Å². The van der Waals surface area contributed by atoms with Crippen molar-refractivity contribution in [1.82, 2.24) is 4.90 Å². The highest BCUT2D eigenvalue weighted by Gasteiger charge is 2.38. The molecule has 1 fully saturated rings. The average molecular weight is 337 g/mol. The third-order valence-corrected chi connectivity index (χ3v) is 4.61. The van der Waals surface area contributed by atoms with Crippen LogP contribution in [-0.2, 0) is 16.0 Å². The molecule has 4 heteroatoms. The molecule has 2 amide bonds. The van der Waals surface area contributed by atoms with E-state index in [1.165, 1.54) is 4.90 Å². The predicted molar refractivity (Wildman–Crippen MR) is 97.0 cm³/mol. The molecule has 4 nitrogen and oxygen atoms in total. The molecule has 0 unspecified atom stereocenters. The topological polar surface area (TPSA) is 46.6 Å². The van der Waals surface area contributed by atoms with Crippen LogP contribution in [0.25, 0.3) is 11.1 Å². The Morgan fingerprint density at radius 1 is 1.12 bits per heavy atom. The number of carbonyl (C=O) groups is 2. The second-order valence-electron chi connectivity index (χ2n) is 6.72. The number of hydrogen-bond donors (Lipinski definition) is 0. The molecule has 1 heterocycles. The summed E-state index contributed by atoms with van der Waals surface area (Å²) < 4.78 is 5.06. The number of amides is 2. The van der Waals surface area contributed by atoms with E-state index in [2.05, 4.69) is 24.3 Å². The molecule has 1 saturated heterocycles. The Balaban J connectivity index is 1.67. The molecular formula is C21H23NO3. The third kappa shape index (κ3) is 3.90. The fraction of sp³-hybridized carbons (Fsp3) is 0.333.